The lowest BCUT2D eigenvalue weighted by Crippen LogP contribution is -2.39. The van der Waals surface area contributed by atoms with Crippen molar-refractivity contribution in [3.8, 4) is 0 Å². The van der Waals surface area contributed by atoms with Crippen LogP contribution in [0.2, 0.25) is 0 Å². The first-order chi connectivity index (χ1) is 9.50. The molecule has 5 nitrogen and oxygen atoms in total. The first kappa shape index (κ1) is 14.3. The zero-order valence-corrected chi connectivity index (χ0v) is 13.7. The maximum atomic E-state index is 12.4. The highest BCUT2D eigenvalue weighted by atomic mass is 127. The molecular weight excluding hydrogens is 393 g/mol. The topological polar surface area (TPSA) is 63.7 Å². The van der Waals surface area contributed by atoms with Gasteiger partial charge in [-0.15, -0.1) is 0 Å². The Hall–Kier alpha value is -0.670. The second-order valence-electron chi connectivity index (χ2n) is 4.97. The zero-order chi connectivity index (χ0) is 14.3. The Morgan fingerprint density at radius 2 is 2.15 bits per heavy atom. The number of fused-ring (bicyclic) bond motifs is 1. The normalized spacial score (nSPS) is 24.8. The van der Waals surface area contributed by atoms with E-state index in [-0.39, 0.29) is 23.1 Å². The maximum absolute atomic E-state index is 12.4. The van der Waals surface area contributed by atoms with Gasteiger partial charge in [0.25, 0.3) is 15.9 Å². The molecule has 108 valence electrons. The summed E-state index contributed by atoms with van der Waals surface area (Å²) in [6.45, 7) is 0.754. The molecule has 7 heteroatoms. The monoisotopic (exact) mass is 407 g/mol. The molecule has 0 saturated carbocycles. The lowest BCUT2D eigenvalue weighted by molar-refractivity contribution is 0.00707. The van der Waals surface area contributed by atoms with Gasteiger partial charge in [0.15, 0.2) is 0 Å². The molecule has 2 aliphatic rings. The molecule has 3 rings (SSSR count). The third-order valence-corrected chi connectivity index (χ3v) is 6.09. The summed E-state index contributed by atoms with van der Waals surface area (Å²) in [4.78, 5) is 12.4. The largest absolute Gasteiger partial charge is 0.376 e. The van der Waals surface area contributed by atoms with Crippen LogP contribution in [0.4, 0.5) is 0 Å². The van der Waals surface area contributed by atoms with Gasteiger partial charge in [-0.05, 0) is 60.1 Å². The maximum Gasteiger partial charge on any atom is 0.269 e. The summed E-state index contributed by atoms with van der Waals surface area (Å²) in [5, 5.41) is 0. The molecule has 2 heterocycles. The summed E-state index contributed by atoms with van der Waals surface area (Å²) < 4.78 is 32.2. The van der Waals surface area contributed by atoms with E-state index in [2.05, 4.69) is 22.6 Å². The molecule has 0 spiro atoms. The van der Waals surface area contributed by atoms with Crippen molar-refractivity contribution in [3.63, 3.8) is 0 Å². The molecule has 2 aliphatic heterocycles. The quantitative estimate of drug-likeness (QED) is 0.704. The fraction of sp³-hybridized carbons (Fsp3) is 0.462. The molecule has 1 unspecified atom stereocenters. The van der Waals surface area contributed by atoms with Gasteiger partial charge in [-0.1, -0.05) is 0 Å². The molecule has 0 N–H and O–H groups in total. The number of rotatable bonds is 2. The van der Waals surface area contributed by atoms with Crippen LogP contribution in [-0.4, -0.2) is 37.9 Å². The Balaban J connectivity index is 1.92. The summed E-state index contributed by atoms with van der Waals surface area (Å²) in [5.41, 5.74) is 0.271. The van der Waals surface area contributed by atoms with Gasteiger partial charge in [0, 0.05) is 10.2 Å². The Kier molecular flexibility index (Phi) is 3.76. The van der Waals surface area contributed by atoms with Crippen LogP contribution < -0.4 is 0 Å². The Morgan fingerprint density at radius 1 is 1.35 bits per heavy atom. The van der Waals surface area contributed by atoms with Crippen molar-refractivity contribution < 1.29 is 17.9 Å². The molecule has 20 heavy (non-hydrogen) atoms. The number of ether oxygens (including phenoxy) is 1. The average molecular weight is 407 g/mol. The number of amides is 1. The highest BCUT2D eigenvalue weighted by Gasteiger charge is 2.42. The van der Waals surface area contributed by atoms with E-state index in [1.54, 1.807) is 12.1 Å². The van der Waals surface area contributed by atoms with Crippen molar-refractivity contribution in [2.75, 3.05) is 13.2 Å². The van der Waals surface area contributed by atoms with E-state index in [9.17, 15) is 13.2 Å². The standard InChI is InChI=1S/C13H14INO4S/c14-9-4-5-12-11(7-9)13(16)15(20(12,17)18)8-10-3-1-2-6-19-10/h4-5,7,10H,1-3,6,8H2. The van der Waals surface area contributed by atoms with Crippen LogP contribution in [0.1, 0.15) is 29.6 Å². The fourth-order valence-electron chi connectivity index (χ4n) is 2.57. The second-order valence-corrected chi connectivity index (χ2v) is 8.05. The second kappa shape index (κ2) is 5.27. The molecule has 1 aromatic carbocycles. The van der Waals surface area contributed by atoms with Crippen LogP contribution in [0.5, 0.6) is 0 Å². The van der Waals surface area contributed by atoms with Crippen molar-refractivity contribution in [1.29, 1.82) is 0 Å². The lowest BCUT2D eigenvalue weighted by atomic mass is 10.1. The van der Waals surface area contributed by atoms with Gasteiger partial charge in [0.2, 0.25) is 0 Å². The summed E-state index contributed by atoms with van der Waals surface area (Å²) in [6.07, 6.45) is 2.62. The first-order valence-corrected chi connectivity index (χ1v) is 9.00. The van der Waals surface area contributed by atoms with Gasteiger partial charge in [-0.3, -0.25) is 4.79 Å². The highest BCUT2D eigenvalue weighted by Crippen LogP contribution is 2.32. The molecule has 1 amide bonds. The molecular formula is C13H14INO4S. The van der Waals surface area contributed by atoms with E-state index in [0.717, 1.165) is 27.1 Å². The number of halogens is 1. The fourth-order valence-corrected chi connectivity index (χ4v) is 4.65. The van der Waals surface area contributed by atoms with Gasteiger partial charge < -0.3 is 4.74 Å². The summed E-state index contributed by atoms with van der Waals surface area (Å²) >= 11 is 2.07. The van der Waals surface area contributed by atoms with Crippen LogP contribution >= 0.6 is 22.6 Å². The minimum atomic E-state index is -3.71. The van der Waals surface area contributed by atoms with Gasteiger partial charge in [0.1, 0.15) is 4.90 Å². The van der Waals surface area contributed by atoms with Crippen molar-refractivity contribution >= 4 is 38.5 Å². The highest BCUT2D eigenvalue weighted by molar-refractivity contribution is 14.1. The summed E-state index contributed by atoms with van der Waals surface area (Å²) in [7, 11) is -3.71. The lowest BCUT2D eigenvalue weighted by Gasteiger charge is -2.26. The molecule has 1 atom stereocenters. The van der Waals surface area contributed by atoms with Crippen molar-refractivity contribution in [1.82, 2.24) is 4.31 Å². The number of benzene rings is 1. The zero-order valence-electron chi connectivity index (χ0n) is 10.7. The van der Waals surface area contributed by atoms with Crippen LogP contribution in [-0.2, 0) is 14.8 Å². The van der Waals surface area contributed by atoms with Crippen molar-refractivity contribution in [2.24, 2.45) is 0 Å². The Morgan fingerprint density at radius 3 is 2.85 bits per heavy atom. The van der Waals surface area contributed by atoms with Gasteiger partial charge in [-0.2, -0.15) is 0 Å². The number of hydrogen-bond acceptors (Lipinski definition) is 4. The van der Waals surface area contributed by atoms with Gasteiger partial charge >= 0.3 is 0 Å². The minimum Gasteiger partial charge on any atom is -0.376 e. The summed E-state index contributed by atoms with van der Waals surface area (Å²) in [5.74, 6) is -0.437. The minimum absolute atomic E-state index is 0.110. The molecule has 1 aromatic rings. The van der Waals surface area contributed by atoms with Crippen molar-refractivity contribution in [2.45, 2.75) is 30.3 Å². The number of hydrogen-bond donors (Lipinski definition) is 0. The molecule has 0 radical (unpaired) electrons. The van der Waals surface area contributed by atoms with E-state index in [1.165, 1.54) is 6.07 Å². The predicted octanol–water partition coefficient (Wildman–Crippen LogP) is 2.00. The third kappa shape index (κ3) is 2.35. The van der Waals surface area contributed by atoms with E-state index >= 15 is 0 Å². The van der Waals surface area contributed by atoms with Crippen LogP contribution in [0, 0.1) is 3.57 Å². The molecule has 1 saturated heterocycles. The number of carbonyl (C=O) groups is 1. The molecule has 0 aliphatic carbocycles. The van der Waals surface area contributed by atoms with Crippen LogP contribution in [0.25, 0.3) is 0 Å². The molecule has 1 fully saturated rings. The number of sulfonamides is 1. The van der Waals surface area contributed by atoms with Crippen molar-refractivity contribution in [3.05, 3.63) is 27.3 Å². The summed E-state index contributed by atoms with van der Waals surface area (Å²) in [6, 6.07) is 4.83. The van der Waals surface area contributed by atoms with E-state index in [1.807, 2.05) is 0 Å². The van der Waals surface area contributed by atoms with Crippen LogP contribution in [0.3, 0.4) is 0 Å². The Labute approximate surface area is 131 Å². The number of carbonyl (C=O) groups excluding carboxylic acids is 1. The molecule has 0 aromatic heterocycles. The average Bonchev–Trinajstić information content (AvgIpc) is 2.61. The van der Waals surface area contributed by atoms with Gasteiger partial charge in [-0.25, -0.2) is 12.7 Å². The number of nitrogens with zero attached hydrogens (tertiary/aromatic N) is 1. The SMILES string of the molecule is O=C1c2cc(I)ccc2S(=O)(=O)N1CC1CCCCO1. The third-order valence-electron chi connectivity index (χ3n) is 3.61. The van der Waals surface area contributed by atoms with E-state index in [0.29, 0.717) is 6.61 Å². The molecule has 0 bridgehead atoms. The van der Waals surface area contributed by atoms with E-state index in [4.69, 9.17) is 4.74 Å². The van der Waals surface area contributed by atoms with Gasteiger partial charge in [0.05, 0.1) is 18.2 Å². The van der Waals surface area contributed by atoms with E-state index < -0.39 is 15.9 Å². The Bertz CT molecular complexity index is 652. The smallest absolute Gasteiger partial charge is 0.269 e. The predicted molar refractivity (Wildman–Crippen MR) is 81.0 cm³/mol. The first-order valence-electron chi connectivity index (χ1n) is 6.48. The van der Waals surface area contributed by atoms with Crippen LogP contribution in [0.15, 0.2) is 23.1 Å².